The summed E-state index contributed by atoms with van der Waals surface area (Å²) in [6, 6.07) is 8.08. The fraction of sp³-hybridized carbons (Fsp3) is 0.267. The van der Waals surface area contributed by atoms with Crippen molar-refractivity contribution in [1.29, 1.82) is 0 Å². The molecule has 3 rings (SSSR count). The first kappa shape index (κ1) is 13.4. The van der Waals surface area contributed by atoms with Gasteiger partial charge in [-0.25, -0.2) is 0 Å². The van der Waals surface area contributed by atoms with Crippen molar-refractivity contribution in [2.24, 2.45) is 10.9 Å². The van der Waals surface area contributed by atoms with Crippen LogP contribution >= 0.6 is 0 Å². The van der Waals surface area contributed by atoms with Crippen LogP contribution in [0.4, 0.5) is 11.5 Å². The number of nitrogens with two attached hydrogens (primary N) is 1. The molecular weight excluding hydrogens is 266 g/mol. The molecule has 21 heavy (non-hydrogen) atoms. The molecule has 0 aliphatic carbocycles. The van der Waals surface area contributed by atoms with Crippen molar-refractivity contribution in [3.8, 4) is 0 Å². The number of benzene rings is 1. The van der Waals surface area contributed by atoms with Crippen LogP contribution in [0.5, 0.6) is 0 Å². The predicted molar refractivity (Wildman–Crippen MR) is 81.0 cm³/mol. The lowest BCUT2D eigenvalue weighted by molar-refractivity contribution is 0.318. The molecule has 0 spiro atoms. The molecule has 0 fully saturated rings. The van der Waals surface area contributed by atoms with Crippen LogP contribution in [-0.4, -0.2) is 27.8 Å². The van der Waals surface area contributed by atoms with Gasteiger partial charge in [-0.2, -0.15) is 5.10 Å². The zero-order valence-electron chi connectivity index (χ0n) is 11.8. The molecule has 0 saturated carbocycles. The Hall–Kier alpha value is -2.63. The summed E-state index contributed by atoms with van der Waals surface area (Å²) in [7, 11) is 0. The van der Waals surface area contributed by atoms with Crippen molar-refractivity contribution in [3.05, 3.63) is 47.2 Å². The van der Waals surface area contributed by atoms with E-state index in [1.807, 2.05) is 0 Å². The molecule has 0 amide bonds. The Morgan fingerprint density at radius 1 is 1.38 bits per heavy atom. The topological polar surface area (TPSA) is 87.6 Å². The van der Waals surface area contributed by atoms with Gasteiger partial charge in [-0.1, -0.05) is 22.9 Å². The molecule has 1 aliphatic rings. The smallest absolute Gasteiger partial charge is 0.173 e. The quantitative estimate of drug-likeness (QED) is 0.381. The Morgan fingerprint density at radius 3 is 3.05 bits per heavy atom. The summed E-state index contributed by atoms with van der Waals surface area (Å²) in [6.45, 7) is 2.92. The highest BCUT2D eigenvalue weighted by Crippen LogP contribution is 2.34. The number of anilines is 2. The van der Waals surface area contributed by atoms with Gasteiger partial charge in [0.05, 0.1) is 11.8 Å². The van der Waals surface area contributed by atoms with E-state index in [1.54, 1.807) is 6.07 Å². The Morgan fingerprint density at radius 2 is 2.24 bits per heavy atom. The van der Waals surface area contributed by atoms with E-state index in [0.717, 1.165) is 25.1 Å². The molecule has 0 saturated heterocycles. The van der Waals surface area contributed by atoms with E-state index in [-0.39, 0.29) is 5.84 Å². The van der Waals surface area contributed by atoms with Crippen LogP contribution in [0.1, 0.15) is 23.1 Å². The van der Waals surface area contributed by atoms with Gasteiger partial charge in [0.15, 0.2) is 11.7 Å². The lowest BCUT2D eigenvalue weighted by Gasteiger charge is -2.31. The molecule has 2 heterocycles. The highest BCUT2D eigenvalue weighted by Gasteiger charge is 2.23. The van der Waals surface area contributed by atoms with Crippen molar-refractivity contribution in [1.82, 2.24) is 10.2 Å². The number of fused-ring (bicyclic) bond motifs is 1. The maximum absolute atomic E-state index is 8.94. The molecule has 1 aliphatic heterocycles. The number of nitrogens with zero attached hydrogens (tertiary/aromatic N) is 4. The number of aryl methyl sites for hydroxylation is 2. The Bertz CT molecular complexity index is 698. The summed E-state index contributed by atoms with van der Waals surface area (Å²) in [5, 5.41) is 20.2. The van der Waals surface area contributed by atoms with Gasteiger partial charge in [-0.3, -0.25) is 0 Å². The monoisotopic (exact) mass is 283 g/mol. The molecule has 6 heteroatoms. The van der Waals surface area contributed by atoms with Crippen LogP contribution in [0.2, 0.25) is 0 Å². The zero-order valence-corrected chi connectivity index (χ0v) is 11.8. The second-order valence-corrected chi connectivity index (χ2v) is 5.14. The van der Waals surface area contributed by atoms with Gasteiger partial charge in [0.2, 0.25) is 0 Å². The Labute approximate surface area is 122 Å². The van der Waals surface area contributed by atoms with Crippen LogP contribution in [0, 0.1) is 6.92 Å². The van der Waals surface area contributed by atoms with Gasteiger partial charge in [0, 0.05) is 12.2 Å². The minimum Gasteiger partial charge on any atom is -0.409 e. The highest BCUT2D eigenvalue weighted by molar-refractivity contribution is 6.02. The molecule has 108 valence electrons. The fourth-order valence-electron chi connectivity index (χ4n) is 2.72. The summed E-state index contributed by atoms with van der Waals surface area (Å²) < 4.78 is 0. The lowest BCUT2D eigenvalue weighted by atomic mass is 9.99. The van der Waals surface area contributed by atoms with Crippen molar-refractivity contribution >= 4 is 17.3 Å². The Kier molecular flexibility index (Phi) is 3.43. The van der Waals surface area contributed by atoms with Crippen LogP contribution < -0.4 is 10.6 Å². The fourth-order valence-corrected chi connectivity index (χ4v) is 2.72. The maximum Gasteiger partial charge on any atom is 0.173 e. The molecule has 0 bridgehead atoms. The number of hydrogen-bond acceptors (Lipinski definition) is 5. The van der Waals surface area contributed by atoms with Crippen molar-refractivity contribution in [3.63, 3.8) is 0 Å². The molecule has 0 radical (unpaired) electrons. The largest absolute Gasteiger partial charge is 0.409 e. The molecule has 0 atom stereocenters. The van der Waals surface area contributed by atoms with Gasteiger partial charge in [-0.05, 0) is 37.5 Å². The van der Waals surface area contributed by atoms with Gasteiger partial charge in [0.1, 0.15) is 0 Å². The van der Waals surface area contributed by atoms with Gasteiger partial charge in [-0.15, -0.1) is 5.10 Å². The summed E-state index contributed by atoms with van der Waals surface area (Å²) in [6.07, 6.45) is 3.62. The SMILES string of the molecule is Cc1ccc2c(c1)CCCN2c1nnccc1/C(N)=N/O. The minimum atomic E-state index is 0.0409. The summed E-state index contributed by atoms with van der Waals surface area (Å²) >= 11 is 0. The summed E-state index contributed by atoms with van der Waals surface area (Å²) in [5.41, 5.74) is 9.98. The third-order valence-electron chi connectivity index (χ3n) is 3.69. The first-order chi connectivity index (χ1) is 10.2. The third-order valence-corrected chi connectivity index (χ3v) is 3.69. The maximum atomic E-state index is 8.94. The molecular formula is C15H17N5O. The van der Waals surface area contributed by atoms with E-state index in [0.29, 0.717) is 11.4 Å². The molecule has 0 unspecified atom stereocenters. The number of aromatic nitrogens is 2. The van der Waals surface area contributed by atoms with E-state index >= 15 is 0 Å². The van der Waals surface area contributed by atoms with E-state index in [4.69, 9.17) is 10.9 Å². The van der Waals surface area contributed by atoms with E-state index in [9.17, 15) is 0 Å². The standard InChI is InChI=1S/C15H17N5O/c1-10-4-5-13-11(9-10)3-2-8-20(13)15-12(14(16)19-21)6-7-17-18-15/h4-7,9,21H,2-3,8H2,1H3,(H2,16,19). The summed E-state index contributed by atoms with van der Waals surface area (Å²) in [5.74, 6) is 0.664. The minimum absolute atomic E-state index is 0.0409. The number of rotatable bonds is 2. The van der Waals surface area contributed by atoms with E-state index in [2.05, 4.69) is 45.4 Å². The first-order valence-corrected chi connectivity index (χ1v) is 6.87. The van der Waals surface area contributed by atoms with E-state index < -0.39 is 0 Å². The van der Waals surface area contributed by atoms with Crippen LogP contribution in [0.3, 0.4) is 0 Å². The van der Waals surface area contributed by atoms with E-state index in [1.165, 1.54) is 17.3 Å². The van der Waals surface area contributed by atoms with Gasteiger partial charge in [0.25, 0.3) is 0 Å². The molecule has 1 aromatic heterocycles. The van der Waals surface area contributed by atoms with Crippen molar-refractivity contribution in [2.75, 3.05) is 11.4 Å². The number of oxime groups is 1. The second-order valence-electron chi connectivity index (χ2n) is 5.14. The first-order valence-electron chi connectivity index (χ1n) is 6.87. The third kappa shape index (κ3) is 2.40. The highest BCUT2D eigenvalue weighted by atomic mass is 16.4. The number of hydrogen-bond donors (Lipinski definition) is 2. The summed E-state index contributed by atoms with van der Waals surface area (Å²) in [4.78, 5) is 2.08. The van der Waals surface area contributed by atoms with Crippen LogP contribution in [0.25, 0.3) is 0 Å². The average molecular weight is 283 g/mol. The van der Waals surface area contributed by atoms with Crippen LogP contribution in [-0.2, 0) is 6.42 Å². The predicted octanol–water partition coefficient (Wildman–Crippen LogP) is 1.96. The molecule has 1 aromatic carbocycles. The number of amidine groups is 1. The second kappa shape index (κ2) is 5.40. The van der Waals surface area contributed by atoms with Gasteiger partial charge < -0.3 is 15.8 Å². The molecule has 3 N–H and O–H groups in total. The van der Waals surface area contributed by atoms with Crippen molar-refractivity contribution in [2.45, 2.75) is 19.8 Å². The molecule has 6 nitrogen and oxygen atoms in total. The molecule has 2 aromatic rings. The average Bonchev–Trinajstić information content (AvgIpc) is 2.53. The van der Waals surface area contributed by atoms with Crippen molar-refractivity contribution < 1.29 is 5.21 Å². The zero-order chi connectivity index (χ0) is 14.8. The Balaban J connectivity index is 2.12. The normalized spacial score (nSPS) is 14.9. The van der Waals surface area contributed by atoms with Crippen LogP contribution in [0.15, 0.2) is 35.6 Å². The lowest BCUT2D eigenvalue weighted by Crippen LogP contribution is -2.28. The van der Waals surface area contributed by atoms with Gasteiger partial charge >= 0.3 is 0 Å².